The molecule has 7 heteroatoms. The number of primary amides is 1. The zero-order valence-corrected chi connectivity index (χ0v) is 17.4. The minimum Gasteiger partial charge on any atom is -0.508 e. The summed E-state index contributed by atoms with van der Waals surface area (Å²) in [6, 6.07) is 6.69. The minimum absolute atomic E-state index is 0.179. The Morgan fingerprint density at radius 1 is 1.14 bits per heavy atom. The summed E-state index contributed by atoms with van der Waals surface area (Å²) in [4.78, 5) is 40.0. The van der Waals surface area contributed by atoms with E-state index in [4.69, 9.17) is 5.73 Å². The second-order valence-electron chi connectivity index (χ2n) is 7.55. The zero-order chi connectivity index (χ0) is 21.7. The Bertz CT molecular complexity index is 701. The van der Waals surface area contributed by atoms with Gasteiger partial charge in [0.2, 0.25) is 17.7 Å². The van der Waals surface area contributed by atoms with Crippen LogP contribution in [0.4, 0.5) is 0 Å². The second-order valence-corrected chi connectivity index (χ2v) is 7.55. The standard InChI is InChI=1S/C22H33N3O4/c1-3-4-5-6-7-8-20(28)25-16-22(2,15-19(23)27)21(29)24-14-13-17-9-11-18(26)12-10-17/h9-12,16,26H,3-8,13-15H2,1-2H3,(H2,23,27)(H,24,29). The molecule has 0 radical (unpaired) electrons. The van der Waals surface area contributed by atoms with Crippen molar-refractivity contribution in [2.24, 2.45) is 16.1 Å². The molecule has 1 aromatic carbocycles. The molecular formula is C22H33N3O4. The molecular weight excluding hydrogens is 370 g/mol. The van der Waals surface area contributed by atoms with Crippen LogP contribution in [-0.2, 0) is 20.8 Å². The van der Waals surface area contributed by atoms with Crippen LogP contribution in [0.3, 0.4) is 0 Å². The Balaban J connectivity index is 2.59. The molecule has 0 aliphatic rings. The molecule has 0 bridgehead atoms. The maximum Gasteiger partial charge on any atom is 0.245 e. The number of phenolic OH excluding ortho intramolecular Hbond substituents is 1. The molecule has 0 aliphatic carbocycles. The summed E-state index contributed by atoms with van der Waals surface area (Å²) in [5, 5.41) is 12.1. The van der Waals surface area contributed by atoms with E-state index < -0.39 is 17.2 Å². The molecule has 7 nitrogen and oxygen atoms in total. The summed E-state index contributed by atoms with van der Waals surface area (Å²) >= 11 is 0. The highest BCUT2D eigenvalue weighted by molar-refractivity contribution is 6.04. The lowest BCUT2D eigenvalue weighted by Gasteiger charge is -2.22. The van der Waals surface area contributed by atoms with Crippen molar-refractivity contribution in [3.63, 3.8) is 0 Å². The molecule has 0 aromatic heterocycles. The molecule has 1 rings (SSSR count). The minimum atomic E-state index is -1.28. The van der Waals surface area contributed by atoms with Crippen molar-refractivity contribution in [2.45, 2.75) is 65.2 Å². The van der Waals surface area contributed by atoms with Crippen molar-refractivity contribution in [1.29, 1.82) is 0 Å². The van der Waals surface area contributed by atoms with Crippen molar-refractivity contribution < 1.29 is 19.5 Å². The van der Waals surface area contributed by atoms with Gasteiger partial charge < -0.3 is 16.2 Å². The highest BCUT2D eigenvalue weighted by atomic mass is 16.3. The summed E-state index contributed by atoms with van der Waals surface area (Å²) in [5.74, 6) is -1.17. The maximum atomic E-state index is 12.6. The fraction of sp³-hybridized carbons (Fsp3) is 0.545. The van der Waals surface area contributed by atoms with Gasteiger partial charge >= 0.3 is 0 Å². The van der Waals surface area contributed by atoms with Crippen molar-refractivity contribution in [3.8, 4) is 5.75 Å². The molecule has 160 valence electrons. The van der Waals surface area contributed by atoms with Crippen molar-refractivity contribution in [2.75, 3.05) is 6.54 Å². The number of aromatic hydroxyl groups is 1. The fourth-order valence-corrected chi connectivity index (χ4v) is 2.89. The molecule has 0 fully saturated rings. The Morgan fingerprint density at radius 3 is 2.41 bits per heavy atom. The molecule has 0 saturated carbocycles. The van der Waals surface area contributed by atoms with Crippen LogP contribution < -0.4 is 11.1 Å². The van der Waals surface area contributed by atoms with Crippen LogP contribution in [0.5, 0.6) is 5.75 Å². The van der Waals surface area contributed by atoms with E-state index in [0.29, 0.717) is 19.4 Å². The highest BCUT2D eigenvalue weighted by Gasteiger charge is 2.33. The maximum absolute atomic E-state index is 12.6. The third-order valence-corrected chi connectivity index (χ3v) is 4.68. The summed E-state index contributed by atoms with van der Waals surface area (Å²) in [7, 11) is 0. The first-order chi connectivity index (χ1) is 13.8. The zero-order valence-electron chi connectivity index (χ0n) is 17.4. The largest absolute Gasteiger partial charge is 0.508 e. The Labute approximate surface area is 172 Å². The lowest BCUT2D eigenvalue weighted by atomic mass is 9.86. The molecule has 1 aromatic rings. The topological polar surface area (TPSA) is 122 Å². The number of unbranched alkanes of at least 4 members (excludes halogenated alkanes) is 4. The third-order valence-electron chi connectivity index (χ3n) is 4.68. The third kappa shape index (κ3) is 9.87. The molecule has 1 atom stereocenters. The van der Waals surface area contributed by atoms with Crippen LogP contribution in [0.2, 0.25) is 0 Å². The lowest BCUT2D eigenvalue weighted by molar-refractivity contribution is -0.131. The predicted octanol–water partition coefficient (Wildman–Crippen LogP) is 2.89. The van der Waals surface area contributed by atoms with Gasteiger partial charge in [0.15, 0.2) is 0 Å². The van der Waals surface area contributed by atoms with Crippen LogP contribution in [0.25, 0.3) is 0 Å². The molecule has 0 spiro atoms. The van der Waals surface area contributed by atoms with Gasteiger partial charge in [0.25, 0.3) is 0 Å². The summed E-state index contributed by atoms with van der Waals surface area (Å²) in [6.45, 7) is 4.02. The number of carbonyl (C=O) groups excluding carboxylic acids is 3. The number of nitrogens with zero attached hydrogens (tertiary/aromatic N) is 1. The molecule has 0 saturated heterocycles. The van der Waals surface area contributed by atoms with E-state index in [0.717, 1.165) is 37.7 Å². The van der Waals surface area contributed by atoms with Gasteiger partial charge in [-0.3, -0.25) is 14.4 Å². The van der Waals surface area contributed by atoms with Gasteiger partial charge in [0.05, 0.1) is 5.41 Å². The second kappa shape index (κ2) is 12.7. The van der Waals surface area contributed by atoms with Crippen LogP contribution in [-0.4, -0.2) is 35.6 Å². The number of benzene rings is 1. The highest BCUT2D eigenvalue weighted by Crippen LogP contribution is 2.19. The Hall–Kier alpha value is -2.70. The van der Waals surface area contributed by atoms with Gasteiger partial charge in [-0.1, -0.05) is 44.7 Å². The molecule has 4 N–H and O–H groups in total. The first kappa shape index (κ1) is 24.3. The van der Waals surface area contributed by atoms with Crippen LogP contribution >= 0.6 is 0 Å². The van der Waals surface area contributed by atoms with Gasteiger partial charge in [-0.2, -0.15) is 0 Å². The van der Waals surface area contributed by atoms with Gasteiger partial charge in [-0.15, -0.1) is 0 Å². The molecule has 0 heterocycles. The van der Waals surface area contributed by atoms with Gasteiger partial charge in [0.1, 0.15) is 5.75 Å². The van der Waals surface area contributed by atoms with E-state index in [2.05, 4.69) is 17.2 Å². The molecule has 0 aliphatic heterocycles. The number of aliphatic imine (C=N–C) groups is 1. The van der Waals surface area contributed by atoms with Crippen LogP contribution in [0.1, 0.15) is 64.4 Å². The SMILES string of the molecule is CCCCCCCC(=O)N=CC(C)(CC(N)=O)C(=O)NCCc1ccc(O)cc1. The number of nitrogens with one attached hydrogen (secondary N) is 1. The van der Waals surface area contributed by atoms with E-state index in [-0.39, 0.29) is 18.1 Å². The number of nitrogens with two attached hydrogens (primary N) is 1. The number of amides is 3. The molecule has 3 amide bonds. The molecule has 29 heavy (non-hydrogen) atoms. The lowest BCUT2D eigenvalue weighted by Crippen LogP contribution is -2.43. The van der Waals surface area contributed by atoms with E-state index in [1.54, 1.807) is 31.2 Å². The predicted molar refractivity (Wildman–Crippen MR) is 114 cm³/mol. The monoisotopic (exact) mass is 403 g/mol. The number of hydrogen-bond donors (Lipinski definition) is 3. The van der Waals surface area contributed by atoms with Gasteiger partial charge in [0, 0.05) is 25.6 Å². The number of rotatable bonds is 13. The first-order valence-corrected chi connectivity index (χ1v) is 10.2. The number of carbonyl (C=O) groups is 3. The number of phenols is 1. The van der Waals surface area contributed by atoms with E-state index in [1.165, 1.54) is 6.21 Å². The Morgan fingerprint density at radius 2 is 1.79 bits per heavy atom. The van der Waals surface area contributed by atoms with Crippen molar-refractivity contribution in [3.05, 3.63) is 29.8 Å². The molecule has 1 unspecified atom stereocenters. The summed E-state index contributed by atoms with van der Waals surface area (Å²) < 4.78 is 0. The normalized spacial score (nSPS) is 13.2. The van der Waals surface area contributed by atoms with Gasteiger partial charge in [-0.05, 0) is 37.5 Å². The fourth-order valence-electron chi connectivity index (χ4n) is 2.89. The van der Waals surface area contributed by atoms with Gasteiger partial charge in [-0.25, -0.2) is 4.99 Å². The summed E-state index contributed by atoms with van der Waals surface area (Å²) in [5.41, 5.74) is 4.97. The van der Waals surface area contributed by atoms with Crippen molar-refractivity contribution in [1.82, 2.24) is 5.32 Å². The van der Waals surface area contributed by atoms with Crippen LogP contribution in [0.15, 0.2) is 29.3 Å². The first-order valence-electron chi connectivity index (χ1n) is 10.2. The summed E-state index contributed by atoms with van der Waals surface area (Å²) in [6.07, 6.45) is 7.04. The van der Waals surface area contributed by atoms with Crippen molar-refractivity contribution >= 4 is 23.9 Å². The average Bonchev–Trinajstić information content (AvgIpc) is 2.67. The number of hydrogen-bond acceptors (Lipinski definition) is 4. The van der Waals surface area contributed by atoms with E-state index in [1.807, 2.05) is 0 Å². The van der Waals surface area contributed by atoms with E-state index >= 15 is 0 Å². The van der Waals surface area contributed by atoms with E-state index in [9.17, 15) is 19.5 Å². The quantitative estimate of drug-likeness (QED) is 0.346. The smallest absolute Gasteiger partial charge is 0.245 e. The average molecular weight is 404 g/mol. The van der Waals surface area contributed by atoms with Crippen LogP contribution in [0, 0.1) is 5.41 Å². The Kier molecular flexibility index (Phi) is 10.7.